The second-order valence-electron chi connectivity index (χ2n) is 9.24. The highest BCUT2D eigenvalue weighted by Crippen LogP contribution is 2.32. The van der Waals surface area contributed by atoms with Gasteiger partial charge in [-0.1, -0.05) is 45.0 Å². The largest absolute Gasteiger partial charge is 0.466 e. The van der Waals surface area contributed by atoms with Crippen molar-refractivity contribution in [2.45, 2.75) is 85.0 Å². The maximum atomic E-state index is 12.0. The molecule has 1 saturated heterocycles. The SMILES string of the molecule is CCOC(=O)C(C)Cc1cccc(C(CCCC(C)(C)CO)OC2CCCCO2)c1. The van der Waals surface area contributed by atoms with Gasteiger partial charge in [0.25, 0.3) is 0 Å². The van der Waals surface area contributed by atoms with E-state index in [1.807, 2.05) is 19.9 Å². The number of carbonyl (C=O) groups excluding carboxylic acids is 1. The smallest absolute Gasteiger partial charge is 0.308 e. The molecule has 1 aliphatic heterocycles. The molecular formula is C25H40O5. The number of benzene rings is 1. The lowest BCUT2D eigenvalue weighted by Crippen LogP contribution is -2.25. The van der Waals surface area contributed by atoms with Gasteiger partial charge in [0.2, 0.25) is 0 Å². The van der Waals surface area contributed by atoms with Gasteiger partial charge in [-0.05, 0) is 68.4 Å². The quantitative estimate of drug-likeness (QED) is 0.471. The van der Waals surface area contributed by atoms with Gasteiger partial charge in [-0.15, -0.1) is 0 Å². The van der Waals surface area contributed by atoms with Crippen molar-refractivity contribution in [3.05, 3.63) is 35.4 Å². The molecule has 0 radical (unpaired) electrons. The van der Waals surface area contributed by atoms with Gasteiger partial charge < -0.3 is 19.3 Å². The Labute approximate surface area is 182 Å². The lowest BCUT2D eigenvalue weighted by Gasteiger charge is -2.29. The first-order chi connectivity index (χ1) is 14.3. The number of carbonyl (C=O) groups is 1. The number of ether oxygens (including phenoxy) is 3. The summed E-state index contributed by atoms with van der Waals surface area (Å²) < 4.78 is 17.4. The Balaban J connectivity index is 2.08. The predicted octanol–water partition coefficient (Wildman–Crippen LogP) is 5.20. The molecule has 0 aromatic heterocycles. The molecule has 3 atom stereocenters. The summed E-state index contributed by atoms with van der Waals surface area (Å²) in [7, 11) is 0. The molecule has 0 bridgehead atoms. The van der Waals surface area contributed by atoms with Crippen molar-refractivity contribution in [1.29, 1.82) is 0 Å². The Hall–Kier alpha value is -1.43. The summed E-state index contributed by atoms with van der Waals surface area (Å²) in [5.74, 6) is -0.329. The molecule has 170 valence electrons. The van der Waals surface area contributed by atoms with Crippen LogP contribution in [-0.2, 0) is 25.4 Å². The van der Waals surface area contributed by atoms with Crippen LogP contribution >= 0.6 is 0 Å². The van der Waals surface area contributed by atoms with Crippen LogP contribution in [-0.4, -0.2) is 37.2 Å². The lowest BCUT2D eigenvalue weighted by atomic mass is 9.87. The van der Waals surface area contributed by atoms with Crippen LogP contribution in [0.25, 0.3) is 0 Å². The Morgan fingerprint density at radius 2 is 2.13 bits per heavy atom. The Morgan fingerprint density at radius 1 is 1.33 bits per heavy atom. The van der Waals surface area contributed by atoms with E-state index in [9.17, 15) is 9.90 Å². The molecular weight excluding hydrogens is 380 g/mol. The van der Waals surface area contributed by atoms with E-state index in [2.05, 4.69) is 32.0 Å². The summed E-state index contributed by atoms with van der Waals surface area (Å²) >= 11 is 0. The Kier molecular flexibility index (Phi) is 10.3. The third kappa shape index (κ3) is 8.37. The summed E-state index contributed by atoms with van der Waals surface area (Å²) in [5.41, 5.74) is 2.16. The van der Waals surface area contributed by atoms with Gasteiger partial charge in [0.15, 0.2) is 6.29 Å². The van der Waals surface area contributed by atoms with Gasteiger partial charge in [0.1, 0.15) is 0 Å². The first kappa shape index (κ1) is 24.8. The van der Waals surface area contributed by atoms with Gasteiger partial charge in [-0.25, -0.2) is 0 Å². The van der Waals surface area contributed by atoms with Crippen molar-refractivity contribution in [3.8, 4) is 0 Å². The van der Waals surface area contributed by atoms with Crippen LogP contribution in [0, 0.1) is 11.3 Å². The minimum Gasteiger partial charge on any atom is -0.466 e. The average Bonchev–Trinajstić information content (AvgIpc) is 2.74. The van der Waals surface area contributed by atoms with E-state index in [1.54, 1.807) is 0 Å². The molecule has 5 nitrogen and oxygen atoms in total. The molecule has 0 aliphatic carbocycles. The number of hydrogen-bond acceptors (Lipinski definition) is 5. The highest BCUT2D eigenvalue weighted by Gasteiger charge is 2.24. The molecule has 0 saturated carbocycles. The highest BCUT2D eigenvalue weighted by molar-refractivity contribution is 5.72. The average molecular weight is 421 g/mol. The van der Waals surface area contributed by atoms with Crippen LogP contribution in [0.15, 0.2) is 24.3 Å². The zero-order valence-corrected chi connectivity index (χ0v) is 19.2. The molecule has 1 fully saturated rings. The topological polar surface area (TPSA) is 65.0 Å². The number of rotatable bonds is 12. The number of hydrogen-bond donors (Lipinski definition) is 1. The molecule has 1 aromatic rings. The van der Waals surface area contributed by atoms with Crippen molar-refractivity contribution < 1.29 is 24.1 Å². The van der Waals surface area contributed by atoms with E-state index in [1.165, 1.54) is 0 Å². The van der Waals surface area contributed by atoms with Crippen LogP contribution in [0.4, 0.5) is 0 Å². The molecule has 1 heterocycles. The molecule has 0 spiro atoms. The van der Waals surface area contributed by atoms with Crippen LogP contribution in [0.3, 0.4) is 0 Å². The molecule has 1 aliphatic rings. The van der Waals surface area contributed by atoms with E-state index >= 15 is 0 Å². The minimum atomic E-state index is -0.174. The Bertz CT molecular complexity index is 636. The summed E-state index contributed by atoms with van der Waals surface area (Å²) in [6.07, 6.45) is 6.37. The predicted molar refractivity (Wildman–Crippen MR) is 118 cm³/mol. The van der Waals surface area contributed by atoms with Gasteiger partial charge >= 0.3 is 5.97 Å². The van der Waals surface area contributed by atoms with Gasteiger partial charge in [-0.3, -0.25) is 4.79 Å². The first-order valence-electron chi connectivity index (χ1n) is 11.5. The van der Waals surface area contributed by atoms with Gasteiger partial charge in [0.05, 0.1) is 18.6 Å². The normalized spacial score (nSPS) is 19.3. The second kappa shape index (κ2) is 12.4. The van der Waals surface area contributed by atoms with Crippen molar-refractivity contribution in [1.82, 2.24) is 0 Å². The monoisotopic (exact) mass is 420 g/mol. The maximum Gasteiger partial charge on any atom is 0.308 e. The van der Waals surface area contributed by atoms with Gasteiger partial charge in [-0.2, -0.15) is 0 Å². The molecule has 1 N–H and O–H groups in total. The third-order valence-electron chi connectivity index (χ3n) is 5.76. The molecule has 30 heavy (non-hydrogen) atoms. The van der Waals surface area contributed by atoms with Crippen molar-refractivity contribution in [3.63, 3.8) is 0 Å². The van der Waals surface area contributed by atoms with Crippen molar-refractivity contribution in [2.75, 3.05) is 19.8 Å². The molecule has 1 aromatic carbocycles. The van der Waals surface area contributed by atoms with Crippen LogP contribution in [0.1, 0.15) is 83.5 Å². The number of aliphatic hydroxyl groups excluding tert-OH is 1. The summed E-state index contributed by atoms with van der Waals surface area (Å²) in [6, 6.07) is 8.35. The van der Waals surface area contributed by atoms with E-state index in [4.69, 9.17) is 14.2 Å². The lowest BCUT2D eigenvalue weighted by molar-refractivity contribution is -0.191. The summed E-state index contributed by atoms with van der Waals surface area (Å²) in [6.45, 7) is 9.27. The zero-order chi connectivity index (χ0) is 22.0. The van der Waals surface area contributed by atoms with E-state index in [0.717, 1.165) is 56.3 Å². The molecule has 2 rings (SSSR count). The van der Waals surface area contributed by atoms with E-state index < -0.39 is 0 Å². The fourth-order valence-corrected chi connectivity index (χ4v) is 3.80. The minimum absolute atomic E-state index is 0.0551. The maximum absolute atomic E-state index is 12.0. The van der Waals surface area contributed by atoms with E-state index in [-0.39, 0.29) is 36.3 Å². The van der Waals surface area contributed by atoms with Crippen molar-refractivity contribution >= 4 is 5.97 Å². The zero-order valence-electron chi connectivity index (χ0n) is 19.2. The first-order valence-corrected chi connectivity index (χ1v) is 11.5. The number of esters is 1. The summed E-state index contributed by atoms with van der Waals surface area (Å²) in [4.78, 5) is 12.0. The number of aliphatic hydroxyl groups is 1. The summed E-state index contributed by atoms with van der Waals surface area (Å²) in [5, 5.41) is 9.55. The molecule has 3 unspecified atom stereocenters. The van der Waals surface area contributed by atoms with Gasteiger partial charge in [0, 0.05) is 13.2 Å². The fourth-order valence-electron chi connectivity index (χ4n) is 3.80. The highest BCUT2D eigenvalue weighted by atomic mass is 16.7. The third-order valence-corrected chi connectivity index (χ3v) is 5.76. The second-order valence-corrected chi connectivity index (χ2v) is 9.24. The van der Waals surface area contributed by atoms with Crippen molar-refractivity contribution in [2.24, 2.45) is 11.3 Å². The van der Waals surface area contributed by atoms with Crippen LogP contribution < -0.4 is 0 Å². The van der Waals surface area contributed by atoms with E-state index in [0.29, 0.717) is 13.0 Å². The van der Waals surface area contributed by atoms with Crippen LogP contribution in [0.5, 0.6) is 0 Å². The molecule has 0 amide bonds. The standard InChI is InChI=1S/C25H40O5/c1-5-28-24(27)19(2)16-20-10-8-11-21(17-20)22(12-9-14-25(3,4)18-26)30-23-13-6-7-15-29-23/h8,10-11,17,19,22-23,26H,5-7,9,12-16,18H2,1-4H3. The Morgan fingerprint density at radius 3 is 2.80 bits per heavy atom. The fraction of sp³-hybridized carbons (Fsp3) is 0.720. The molecule has 5 heteroatoms. The van der Waals surface area contributed by atoms with Crippen LogP contribution in [0.2, 0.25) is 0 Å².